The number of rotatable bonds is 7. The third-order valence-corrected chi connectivity index (χ3v) is 2.61. The molecule has 0 aliphatic heterocycles. The van der Waals surface area contributed by atoms with Gasteiger partial charge in [-0.05, 0) is 27.2 Å². The number of esters is 1. The van der Waals surface area contributed by atoms with Crippen molar-refractivity contribution in [1.29, 1.82) is 0 Å². The Bertz CT molecular complexity index is 219. The lowest BCUT2D eigenvalue weighted by molar-refractivity contribution is -0.146. The van der Waals surface area contributed by atoms with E-state index in [0.29, 0.717) is 5.75 Å². The Labute approximate surface area is 94.2 Å². The van der Waals surface area contributed by atoms with Gasteiger partial charge in [0, 0.05) is 28.9 Å². The fourth-order valence-electron chi connectivity index (χ4n) is 1.01. The molecule has 0 aromatic carbocycles. The highest BCUT2D eigenvalue weighted by Gasteiger charge is 2.08. The van der Waals surface area contributed by atoms with Crippen molar-refractivity contribution in [2.24, 2.45) is 0 Å². The molecule has 15 heavy (non-hydrogen) atoms. The number of ether oxygens (including phenoxy) is 1. The quantitative estimate of drug-likeness (QED) is 0.660. The van der Waals surface area contributed by atoms with Crippen molar-refractivity contribution >= 4 is 16.8 Å². The van der Waals surface area contributed by atoms with Crippen molar-refractivity contribution in [3.63, 3.8) is 0 Å². The van der Waals surface area contributed by atoms with Crippen LogP contribution in [0.1, 0.15) is 27.2 Å². The highest BCUT2D eigenvalue weighted by atomic mass is 32.2. The van der Waals surface area contributed by atoms with Crippen LogP contribution in [0.25, 0.3) is 0 Å². The summed E-state index contributed by atoms with van der Waals surface area (Å²) in [5.74, 6) is 0.419. The van der Waals surface area contributed by atoms with Crippen LogP contribution in [0.2, 0.25) is 0 Å². The smallest absolute Gasteiger partial charge is 0.320 e. The molecule has 5 heteroatoms. The Hall–Kier alpha value is -0.420. The largest absolute Gasteiger partial charge is 0.462 e. The van der Waals surface area contributed by atoms with Crippen LogP contribution in [-0.2, 0) is 20.3 Å². The van der Waals surface area contributed by atoms with Crippen LogP contribution in [0.15, 0.2) is 0 Å². The van der Waals surface area contributed by atoms with E-state index in [1.165, 1.54) is 0 Å². The minimum absolute atomic E-state index is 0.0715. The van der Waals surface area contributed by atoms with E-state index >= 15 is 0 Å². The molecule has 0 saturated heterocycles. The standard InChI is InChI=1S/C10H21NO3S/c1-8(2)14-10(12)7-11-9(3)5-6-15(4)13/h8-9,11H,5-7H2,1-4H3. The zero-order valence-electron chi connectivity index (χ0n) is 9.91. The molecule has 0 saturated carbocycles. The highest BCUT2D eigenvalue weighted by molar-refractivity contribution is 7.84. The summed E-state index contributed by atoms with van der Waals surface area (Å²) < 4.78 is 15.8. The maximum atomic E-state index is 11.2. The predicted molar refractivity (Wildman–Crippen MR) is 62.2 cm³/mol. The van der Waals surface area contributed by atoms with Crippen LogP contribution < -0.4 is 5.32 Å². The van der Waals surface area contributed by atoms with Gasteiger partial charge in [-0.25, -0.2) is 0 Å². The monoisotopic (exact) mass is 235 g/mol. The molecule has 0 aliphatic rings. The van der Waals surface area contributed by atoms with Crippen LogP contribution in [0.3, 0.4) is 0 Å². The first-order valence-electron chi connectivity index (χ1n) is 5.14. The zero-order chi connectivity index (χ0) is 11.8. The van der Waals surface area contributed by atoms with Gasteiger partial charge in [0.2, 0.25) is 0 Å². The van der Waals surface area contributed by atoms with E-state index < -0.39 is 10.8 Å². The van der Waals surface area contributed by atoms with Crippen LogP contribution >= 0.6 is 0 Å². The lowest BCUT2D eigenvalue weighted by atomic mass is 10.2. The van der Waals surface area contributed by atoms with E-state index in [4.69, 9.17) is 4.74 Å². The molecule has 2 atom stereocenters. The molecular weight excluding hydrogens is 214 g/mol. The molecule has 2 unspecified atom stereocenters. The van der Waals surface area contributed by atoms with E-state index in [2.05, 4.69) is 5.32 Å². The van der Waals surface area contributed by atoms with Crippen LogP contribution in [0.4, 0.5) is 0 Å². The molecule has 90 valence electrons. The molecule has 1 N–H and O–H groups in total. The summed E-state index contributed by atoms with van der Waals surface area (Å²) in [6.07, 6.45) is 2.41. The lowest BCUT2D eigenvalue weighted by Gasteiger charge is -2.13. The fourth-order valence-corrected chi connectivity index (χ4v) is 1.69. The minimum atomic E-state index is -0.766. The summed E-state index contributed by atoms with van der Waals surface area (Å²) in [5.41, 5.74) is 0. The van der Waals surface area contributed by atoms with Crippen molar-refractivity contribution in [1.82, 2.24) is 5.32 Å². The average Bonchev–Trinajstić information content (AvgIpc) is 2.10. The van der Waals surface area contributed by atoms with Gasteiger partial charge < -0.3 is 10.1 Å². The van der Waals surface area contributed by atoms with Crippen molar-refractivity contribution in [3.05, 3.63) is 0 Å². The number of hydrogen-bond donors (Lipinski definition) is 1. The van der Waals surface area contributed by atoms with Gasteiger partial charge in [0.05, 0.1) is 12.6 Å². The van der Waals surface area contributed by atoms with Crippen molar-refractivity contribution < 1.29 is 13.7 Å². The van der Waals surface area contributed by atoms with E-state index in [1.807, 2.05) is 20.8 Å². The Balaban J connectivity index is 3.57. The number of carbonyl (C=O) groups is 1. The van der Waals surface area contributed by atoms with Gasteiger partial charge in [0.15, 0.2) is 0 Å². The maximum Gasteiger partial charge on any atom is 0.320 e. The van der Waals surface area contributed by atoms with Gasteiger partial charge in [-0.3, -0.25) is 9.00 Å². The second-order valence-electron chi connectivity index (χ2n) is 3.89. The molecule has 0 bridgehead atoms. The van der Waals surface area contributed by atoms with Crippen LogP contribution in [0.5, 0.6) is 0 Å². The average molecular weight is 235 g/mol. The van der Waals surface area contributed by atoms with Gasteiger partial charge >= 0.3 is 5.97 Å². The summed E-state index contributed by atoms with van der Waals surface area (Å²) in [5, 5.41) is 3.03. The normalized spacial score (nSPS) is 15.0. The molecule has 0 amide bonds. The van der Waals surface area contributed by atoms with Gasteiger partial charge in [0.1, 0.15) is 0 Å². The molecule has 0 aromatic rings. The minimum Gasteiger partial charge on any atom is -0.462 e. The molecule has 0 rings (SSSR count). The summed E-state index contributed by atoms with van der Waals surface area (Å²) in [6.45, 7) is 5.83. The first-order chi connectivity index (χ1) is 6.91. The van der Waals surface area contributed by atoms with Gasteiger partial charge in [-0.15, -0.1) is 0 Å². The Morgan fingerprint density at radius 2 is 2.00 bits per heavy atom. The van der Waals surface area contributed by atoms with Gasteiger partial charge in [-0.1, -0.05) is 0 Å². The molecule has 0 aromatic heterocycles. The maximum absolute atomic E-state index is 11.2. The molecule has 0 spiro atoms. The van der Waals surface area contributed by atoms with E-state index in [9.17, 15) is 9.00 Å². The molecule has 0 radical (unpaired) electrons. The second kappa shape index (κ2) is 7.82. The molecule has 0 aliphatic carbocycles. The number of nitrogens with one attached hydrogen (secondary N) is 1. The predicted octanol–water partition coefficient (Wildman–Crippen LogP) is 0.685. The summed E-state index contributed by atoms with van der Waals surface area (Å²) in [7, 11) is -0.766. The first kappa shape index (κ1) is 14.6. The highest BCUT2D eigenvalue weighted by Crippen LogP contribution is 1.93. The third-order valence-electron chi connectivity index (χ3n) is 1.80. The molecule has 0 heterocycles. The van der Waals surface area contributed by atoms with Crippen LogP contribution in [0, 0.1) is 0 Å². The Kier molecular flexibility index (Phi) is 7.60. The second-order valence-corrected chi connectivity index (χ2v) is 5.44. The molecule has 0 fully saturated rings. The van der Waals surface area contributed by atoms with Crippen LogP contribution in [-0.4, -0.2) is 40.9 Å². The van der Waals surface area contributed by atoms with E-state index in [1.54, 1.807) is 6.26 Å². The molecule has 4 nitrogen and oxygen atoms in total. The molecular formula is C10H21NO3S. The summed E-state index contributed by atoms with van der Waals surface area (Å²) in [6, 6.07) is 0.189. The lowest BCUT2D eigenvalue weighted by Crippen LogP contribution is -2.34. The fraction of sp³-hybridized carbons (Fsp3) is 0.900. The van der Waals surface area contributed by atoms with Gasteiger partial charge in [-0.2, -0.15) is 0 Å². The topological polar surface area (TPSA) is 55.4 Å². The van der Waals surface area contributed by atoms with Crippen molar-refractivity contribution in [3.8, 4) is 0 Å². The Morgan fingerprint density at radius 3 is 2.47 bits per heavy atom. The van der Waals surface area contributed by atoms with E-state index in [0.717, 1.165) is 6.42 Å². The van der Waals surface area contributed by atoms with Crippen molar-refractivity contribution in [2.75, 3.05) is 18.6 Å². The zero-order valence-corrected chi connectivity index (χ0v) is 10.7. The number of hydrogen-bond acceptors (Lipinski definition) is 4. The summed E-state index contributed by atoms with van der Waals surface area (Å²) >= 11 is 0. The van der Waals surface area contributed by atoms with Crippen molar-refractivity contribution in [2.45, 2.75) is 39.3 Å². The Morgan fingerprint density at radius 1 is 1.40 bits per heavy atom. The summed E-state index contributed by atoms with van der Waals surface area (Å²) in [4.78, 5) is 11.2. The van der Waals surface area contributed by atoms with Gasteiger partial charge in [0.25, 0.3) is 0 Å². The first-order valence-corrected chi connectivity index (χ1v) is 6.87. The van der Waals surface area contributed by atoms with E-state index in [-0.39, 0.29) is 24.7 Å². The SMILES string of the molecule is CC(CCS(C)=O)NCC(=O)OC(C)C. The third kappa shape index (κ3) is 9.87. The number of carbonyl (C=O) groups excluding carboxylic acids is 1.